The fourth-order valence-corrected chi connectivity index (χ4v) is 5.21. The standard InChI is InChI=1S/C31H30F2N8O3/c1-18(32)31(42)40-9-3-4-23(15-40)41-30-27(29(34)37-17-38-30)28(39-41)21-5-7-24(8-6-21)44-26-11-22(33)10-25(12-26)43-16-20-13-35-19(2)36-14-20/h5-8,10-14,17,23,31,42H,1,3-4,9,15-16H2,2H3,(H2,34,37,38)/t23-,31?/m1/s1. The summed E-state index contributed by atoms with van der Waals surface area (Å²) in [6.45, 7) is 6.10. The van der Waals surface area contributed by atoms with Crippen LogP contribution in [0.15, 0.2) is 73.6 Å². The van der Waals surface area contributed by atoms with Gasteiger partial charge in [0.25, 0.3) is 0 Å². The molecule has 13 heteroatoms. The highest BCUT2D eigenvalue weighted by atomic mass is 19.1. The number of likely N-dealkylation sites (tertiary alicyclic amines) is 1. The minimum Gasteiger partial charge on any atom is -0.489 e. The van der Waals surface area contributed by atoms with E-state index in [-0.39, 0.29) is 24.2 Å². The Balaban J connectivity index is 1.22. The van der Waals surface area contributed by atoms with E-state index in [9.17, 15) is 13.9 Å². The van der Waals surface area contributed by atoms with Gasteiger partial charge in [0.05, 0.1) is 11.4 Å². The number of aliphatic hydroxyl groups is 1. The van der Waals surface area contributed by atoms with Crippen LogP contribution in [0, 0.1) is 12.7 Å². The minimum absolute atomic E-state index is 0.177. The van der Waals surface area contributed by atoms with Gasteiger partial charge >= 0.3 is 0 Å². The Morgan fingerprint density at radius 2 is 1.84 bits per heavy atom. The number of nitrogens with two attached hydrogens (primary N) is 1. The summed E-state index contributed by atoms with van der Waals surface area (Å²) in [5, 5.41) is 15.7. The van der Waals surface area contributed by atoms with Gasteiger partial charge in [-0.3, -0.25) is 4.90 Å². The molecule has 1 saturated heterocycles. The molecule has 44 heavy (non-hydrogen) atoms. The van der Waals surface area contributed by atoms with Crippen molar-refractivity contribution in [3.05, 3.63) is 90.8 Å². The maximum atomic E-state index is 14.4. The van der Waals surface area contributed by atoms with Gasteiger partial charge < -0.3 is 20.3 Å². The third-order valence-corrected chi connectivity index (χ3v) is 7.37. The topological polar surface area (TPSA) is 137 Å². The predicted molar refractivity (Wildman–Crippen MR) is 159 cm³/mol. The first-order valence-electron chi connectivity index (χ1n) is 14.0. The van der Waals surface area contributed by atoms with E-state index in [1.54, 1.807) is 47.1 Å². The maximum absolute atomic E-state index is 14.4. The van der Waals surface area contributed by atoms with Crippen LogP contribution in [0.25, 0.3) is 22.3 Å². The van der Waals surface area contributed by atoms with Gasteiger partial charge in [-0.1, -0.05) is 6.58 Å². The summed E-state index contributed by atoms with van der Waals surface area (Å²) in [5.74, 6) is 0.642. The SMILES string of the molecule is C=C(F)C(O)N1CCC[C@@H](n2nc(-c3ccc(Oc4cc(F)cc(OCc5cnc(C)nc5)c4)cc3)c3c(N)ncnc32)C1. The van der Waals surface area contributed by atoms with Crippen LogP contribution in [0.5, 0.6) is 17.2 Å². The zero-order chi connectivity index (χ0) is 30.8. The zero-order valence-electron chi connectivity index (χ0n) is 23.9. The monoisotopic (exact) mass is 600 g/mol. The number of aryl methyl sites for hydroxylation is 1. The Kier molecular flexibility index (Phi) is 8.13. The molecule has 1 fully saturated rings. The molecule has 0 bridgehead atoms. The number of fused-ring (bicyclic) bond motifs is 1. The predicted octanol–water partition coefficient (Wildman–Crippen LogP) is 5.12. The second kappa shape index (κ2) is 12.3. The Morgan fingerprint density at radius 1 is 1.09 bits per heavy atom. The number of rotatable bonds is 9. The first-order chi connectivity index (χ1) is 21.2. The zero-order valence-corrected chi connectivity index (χ0v) is 23.9. The molecule has 226 valence electrons. The van der Waals surface area contributed by atoms with Crippen molar-refractivity contribution in [2.45, 2.75) is 38.6 Å². The molecule has 3 aromatic heterocycles. The van der Waals surface area contributed by atoms with Crippen LogP contribution in [0.1, 0.15) is 30.3 Å². The number of nitrogens with zero attached hydrogens (tertiary/aromatic N) is 7. The van der Waals surface area contributed by atoms with E-state index < -0.39 is 17.9 Å². The highest BCUT2D eigenvalue weighted by molar-refractivity contribution is 5.98. The average Bonchev–Trinajstić information content (AvgIpc) is 3.42. The van der Waals surface area contributed by atoms with Crippen molar-refractivity contribution in [2.24, 2.45) is 0 Å². The summed E-state index contributed by atoms with van der Waals surface area (Å²) in [4.78, 5) is 18.5. The Labute approximate surface area is 251 Å². The van der Waals surface area contributed by atoms with Gasteiger partial charge in [-0.25, -0.2) is 33.4 Å². The van der Waals surface area contributed by atoms with Gasteiger partial charge in [0.2, 0.25) is 0 Å². The molecule has 0 saturated carbocycles. The number of aliphatic hydroxyl groups excluding tert-OH is 1. The van der Waals surface area contributed by atoms with E-state index in [0.717, 1.165) is 24.0 Å². The van der Waals surface area contributed by atoms with E-state index in [1.807, 2.05) is 12.1 Å². The summed E-state index contributed by atoms with van der Waals surface area (Å²) in [5.41, 5.74) is 8.88. The molecule has 1 aliphatic heterocycles. The Bertz CT molecular complexity index is 1800. The fourth-order valence-electron chi connectivity index (χ4n) is 5.21. The minimum atomic E-state index is -1.38. The van der Waals surface area contributed by atoms with Crippen molar-refractivity contribution in [1.82, 2.24) is 34.6 Å². The lowest BCUT2D eigenvalue weighted by atomic mass is 10.1. The molecule has 1 unspecified atom stereocenters. The summed E-state index contributed by atoms with van der Waals surface area (Å²) >= 11 is 0. The highest BCUT2D eigenvalue weighted by Gasteiger charge is 2.30. The van der Waals surface area contributed by atoms with Crippen molar-refractivity contribution in [3.8, 4) is 28.5 Å². The Morgan fingerprint density at radius 3 is 2.59 bits per heavy atom. The second-order valence-electron chi connectivity index (χ2n) is 10.5. The van der Waals surface area contributed by atoms with E-state index in [2.05, 4.69) is 26.5 Å². The number of hydrogen-bond acceptors (Lipinski definition) is 10. The quantitative estimate of drug-likeness (QED) is 0.234. The van der Waals surface area contributed by atoms with E-state index in [4.69, 9.17) is 20.3 Å². The van der Waals surface area contributed by atoms with Gasteiger partial charge in [0, 0.05) is 54.8 Å². The highest BCUT2D eigenvalue weighted by Crippen LogP contribution is 2.35. The summed E-state index contributed by atoms with van der Waals surface area (Å²) in [6.07, 6.45) is 4.80. The molecule has 2 aromatic carbocycles. The molecular weight excluding hydrogens is 570 g/mol. The molecule has 4 heterocycles. The maximum Gasteiger partial charge on any atom is 0.164 e. The smallest absolute Gasteiger partial charge is 0.164 e. The number of ether oxygens (including phenoxy) is 2. The number of piperidine rings is 1. The fraction of sp³-hybridized carbons (Fsp3) is 0.258. The molecule has 0 spiro atoms. The van der Waals surface area contributed by atoms with E-state index in [0.29, 0.717) is 47.1 Å². The van der Waals surface area contributed by atoms with Gasteiger partial charge in [-0.2, -0.15) is 5.10 Å². The molecule has 11 nitrogen and oxygen atoms in total. The van der Waals surface area contributed by atoms with Gasteiger partial charge in [-0.15, -0.1) is 0 Å². The van der Waals surface area contributed by atoms with Crippen molar-refractivity contribution in [2.75, 3.05) is 18.8 Å². The van der Waals surface area contributed by atoms with Gasteiger partial charge in [0.15, 0.2) is 11.9 Å². The summed E-state index contributed by atoms with van der Waals surface area (Å²) < 4.78 is 41.5. The normalized spacial score (nSPS) is 16.1. The lowest BCUT2D eigenvalue weighted by Crippen LogP contribution is -2.43. The third-order valence-electron chi connectivity index (χ3n) is 7.37. The van der Waals surface area contributed by atoms with Gasteiger partial charge in [0.1, 0.15) is 59.2 Å². The third kappa shape index (κ3) is 6.19. The van der Waals surface area contributed by atoms with E-state index >= 15 is 0 Å². The second-order valence-corrected chi connectivity index (χ2v) is 10.5. The molecule has 0 radical (unpaired) electrons. The Hall–Kier alpha value is -5.01. The van der Waals surface area contributed by atoms with Crippen LogP contribution in [-0.2, 0) is 6.61 Å². The number of aromatic nitrogens is 6. The molecule has 2 atom stereocenters. The first-order valence-corrected chi connectivity index (χ1v) is 14.0. The van der Waals surface area contributed by atoms with Crippen LogP contribution in [0.4, 0.5) is 14.6 Å². The summed E-state index contributed by atoms with van der Waals surface area (Å²) in [7, 11) is 0. The molecule has 3 N–H and O–H groups in total. The molecule has 6 rings (SSSR count). The van der Waals surface area contributed by atoms with Crippen LogP contribution < -0.4 is 15.2 Å². The van der Waals surface area contributed by atoms with Crippen molar-refractivity contribution in [3.63, 3.8) is 0 Å². The largest absolute Gasteiger partial charge is 0.489 e. The van der Waals surface area contributed by atoms with Crippen molar-refractivity contribution >= 4 is 16.9 Å². The van der Waals surface area contributed by atoms with Crippen molar-refractivity contribution < 1.29 is 23.4 Å². The lowest BCUT2D eigenvalue weighted by Gasteiger charge is -2.35. The molecule has 1 aliphatic rings. The van der Waals surface area contributed by atoms with Crippen LogP contribution >= 0.6 is 0 Å². The van der Waals surface area contributed by atoms with Crippen LogP contribution in [0.3, 0.4) is 0 Å². The number of hydrogen-bond donors (Lipinski definition) is 2. The van der Waals surface area contributed by atoms with Gasteiger partial charge in [-0.05, 0) is 44.0 Å². The molecule has 5 aromatic rings. The van der Waals surface area contributed by atoms with Crippen LogP contribution in [-0.4, -0.2) is 59.0 Å². The van der Waals surface area contributed by atoms with Crippen molar-refractivity contribution in [1.29, 1.82) is 0 Å². The summed E-state index contributed by atoms with van der Waals surface area (Å²) in [6, 6.07) is 11.1. The first kappa shape index (κ1) is 29.1. The lowest BCUT2D eigenvalue weighted by molar-refractivity contribution is -0.00832. The number of benzene rings is 2. The average molecular weight is 601 g/mol. The number of anilines is 1. The van der Waals surface area contributed by atoms with Crippen LogP contribution in [0.2, 0.25) is 0 Å². The number of halogens is 2. The van der Waals surface area contributed by atoms with E-state index in [1.165, 1.54) is 18.5 Å². The number of nitrogen functional groups attached to an aromatic ring is 1. The molecule has 0 aliphatic carbocycles. The molecule has 0 amide bonds. The molecular formula is C31H30F2N8O3.